The molecule has 2 aliphatic rings. The van der Waals surface area contributed by atoms with Gasteiger partial charge in [-0.3, -0.25) is 10.7 Å². The standard InChI is InChI=1S/C9H19N3O/c10-12-5-3-11(4-6-12)8-9-2-1-7-13-9/h9H,1-8,10H2/t9-/m0/s1. The van der Waals surface area contributed by atoms with Crippen LogP contribution in [0.25, 0.3) is 0 Å². The van der Waals surface area contributed by atoms with Gasteiger partial charge in [0.05, 0.1) is 6.10 Å². The Hall–Kier alpha value is -0.160. The molecule has 0 aromatic carbocycles. The largest absolute Gasteiger partial charge is 0.377 e. The van der Waals surface area contributed by atoms with Crippen LogP contribution < -0.4 is 5.84 Å². The summed E-state index contributed by atoms with van der Waals surface area (Å²) in [6.45, 7) is 6.24. The Morgan fingerprint density at radius 3 is 2.62 bits per heavy atom. The first-order chi connectivity index (χ1) is 6.34. The van der Waals surface area contributed by atoms with Gasteiger partial charge in [0.2, 0.25) is 0 Å². The minimum Gasteiger partial charge on any atom is -0.377 e. The van der Waals surface area contributed by atoms with Crippen molar-refractivity contribution in [3.63, 3.8) is 0 Å². The molecule has 0 bridgehead atoms. The molecule has 0 aromatic heterocycles. The van der Waals surface area contributed by atoms with Crippen molar-refractivity contribution in [3.8, 4) is 0 Å². The lowest BCUT2D eigenvalue weighted by Gasteiger charge is -2.33. The number of hydrazine groups is 1. The smallest absolute Gasteiger partial charge is 0.0702 e. The Morgan fingerprint density at radius 1 is 1.23 bits per heavy atom. The second-order valence-electron chi connectivity index (χ2n) is 3.97. The molecule has 4 nitrogen and oxygen atoms in total. The minimum absolute atomic E-state index is 0.490. The fraction of sp³-hybridized carbons (Fsp3) is 1.00. The van der Waals surface area contributed by atoms with Gasteiger partial charge >= 0.3 is 0 Å². The van der Waals surface area contributed by atoms with Crippen molar-refractivity contribution in [1.29, 1.82) is 0 Å². The van der Waals surface area contributed by atoms with Gasteiger partial charge in [-0.1, -0.05) is 0 Å². The zero-order chi connectivity index (χ0) is 9.10. The third-order valence-electron chi connectivity index (χ3n) is 2.89. The van der Waals surface area contributed by atoms with Gasteiger partial charge in [-0.15, -0.1) is 0 Å². The van der Waals surface area contributed by atoms with Gasteiger partial charge in [0.25, 0.3) is 0 Å². The highest BCUT2D eigenvalue weighted by molar-refractivity contribution is 4.74. The third kappa shape index (κ3) is 2.64. The summed E-state index contributed by atoms with van der Waals surface area (Å²) < 4.78 is 5.60. The molecule has 0 amide bonds. The molecule has 2 saturated heterocycles. The molecule has 2 fully saturated rings. The van der Waals surface area contributed by atoms with E-state index in [1.165, 1.54) is 12.8 Å². The molecule has 2 aliphatic heterocycles. The van der Waals surface area contributed by atoms with Crippen LogP contribution in [0.2, 0.25) is 0 Å². The van der Waals surface area contributed by atoms with Crippen LogP contribution in [0.5, 0.6) is 0 Å². The van der Waals surface area contributed by atoms with Crippen molar-refractivity contribution in [2.45, 2.75) is 18.9 Å². The summed E-state index contributed by atoms with van der Waals surface area (Å²) in [5.41, 5.74) is 0. The van der Waals surface area contributed by atoms with E-state index in [0.29, 0.717) is 6.10 Å². The maximum absolute atomic E-state index is 5.68. The number of ether oxygens (including phenoxy) is 1. The quantitative estimate of drug-likeness (QED) is 0.597. The molecule has 2 N–H and O–H groups in total. The van der Waals surface area contributed by atoms with E-state index in [4.69, 9.17) is 10.6 Å². The Kier molecular flexibility index (Phi) is 3.16. The summed E-state index contributed by atoms with van der Waals surface area (Å²) in [4.78, 5) is 2.46. The number of piperazine rings is 1. The zero-order valence-electron chi connectivity index (χ0n) is 8.11. The molecule has 0 spiro atoms. The van der Waals surface area contributed by atoms with E-state index >= 15 is 0 Å². The Labute approximate surface area is 79.6 Å². The van der Waals surface area contributed by atoms with Gasteiger partial charge in [-0.2, -0.15) is 0 Å². The molecular formula is C9H19N3O. The summed E-state index contributed by atoms with van der Waals surface area (Å²) in [6.07, 6.45) is 2.97. The fourth-order valence-electron chi connectivity index (χ4n) is 2.02. The maximum atomic E-state index is 5.68. The van der Waals surface area contributed by atoms with Gasteiger partial charge in [0.15, 0.2) is 0 Å². The van der Waals surface area contributed by atoms with Gasteiger partial charge in [0.1, 0.15) is 0 Å². The van der Waals surface area contributed by atoms with Crippen molar-refractivity contribution < 1.29 is 4.74 Å². The molecule has 2 rings (SSSR count). The van der Waals surface area contributed by atoms with E-state index in [2.05, 4.69) is 4.90 Å². The van der Waals surface area contributed by atoms with E-state index in [-0.39, 0.29) is 0 Å². The predicted molar refractivity (Wildman–Crippen MR) is 51.2 cm³/mol. The lowest BCUT2D eigenvalue weighted by molar-refractivity contribution is 0.0504. The Bertz CT molecular complexity index is 151. The van der Waals surface area contributed by atoms with Crippen LogP contribution in [-0.2, 0) is 4.74 Å². The van der Waals surface area contributed by atoms with E-state index in [9.17, 15) is 0 Å². The van der Waals surface area contributed by atoms with Crippen LogP contribution in [0, 0.1) is 0 Å². The van der Waals surface area contributed by atoms with Crippen molar-refractivity contribution in [2.24, 2.45) is 5.84 Å². The number of hydrogen-bond acceptors (Lipinski definition) is 4. The number of rotatable bonds is 2. The topological polar surface area (TPSA) is 41.7 Å². The van der Waals surface area contributed by atoms with E-state index in [1.54, 1.807) is 0 Å². The first-order valence-corrected chi connectivity index (χ1v) is 5.18. The number of hydrogen-bond donors (Lipinski definition) is 1. The summed E-state index contributed by atoms with van der Waals surface area (Å²) in [5, 5.41) is 1.89. The Morgan fingerprint density at radius 2 is 2.00 bits per heavy atom. The summed E-state index contributed by atoms with van der Waals surface area (Å²) in [5.74, 6) is 5.68. The highest BCUT2D eigenvalue weighted by Crippen LogP contribution is 2.13. The van der Waals surface area contributed by atoms with Crippen LogP contribution in [0.3, 0.4) is 0 Å². The second kappa shape index (κ2) is 4.37. The fourth-order valence-corrected chi connectivity index (χ4v) is 2.02. The van der Waals surface area contributed by atoms with Gasteiger partial charge in [0, 0.05) is 39.3 Å². The molecule has 0 aliphatic carbocycles. The summed E-state index contributed by atoms with van der Waals surface area (Å²) in [6, 6.07) is 0. The van der Waals surface area contributed by atoms with E-state index < -0.39 is 0 Å². The normalized spacial score (nSPS) is 32.5. The third-order valence-corrected chi connectivity index (χ3v) is 2.89. The zero-order valence-corrected chi connectivity index (χ0v) is 8.11. The molecule has 0 saturated carbocycles. The van der Waals surface area contributed by atoms with Crippen LogP contribution >= 0.6 is 0 Å². The minimum atomic E-state index is 0.490. The molecule has 0 aromatic rings. The summed E-state index contributed by atoms with van der Waals surface area (Å²) >= 11 is 0. The number of nitrogens with two attached hydrogens (primary N) is 1. The van der Waals surface area contributed by atoms with Crippen molar-refractivity contribution in [1.82, 2.24) is 9.91 Å². The molecule has 4 heteroatoms. The van der Waals surface area contributed by atoms with Crippen molar-refractivity contribution >= 4 is 0 Å². The highest BCUT2D eigenvalue weighted by atomic mass is 16.5. The first kappa shape index (κ1) is 9.40. The van der Waals surface area contributed by atoms with Crippen molar-refractivity contribution in [3.05, 3.63) is 0 Å². The monoisotopic (exact) mass is 185 g/mol. The van der Waals surface area contributed by atoms with E-state index in [1.807, 2.05) is 5.01 Å². The molecular weight excluding hydrogens is 166 g/mol. The summed E-state index contributed by atoms with van der Waals surface area (Å²) in [7, 11) is 0. The van der Waals surface area contributed by atoms with Crippen LogP contribution in [0.15, 0.2) is 0 Å². The maximum Gasteiger partial charge on any atom is 0.0702 e. The molecule has 76 valence electrons. The average molecular weight is 185 g/mol. The second-order valence-corrected chi connectivity index (χ2v) is 3.97. The van der Waals surface area contributed by atoms with Crippen LogP contribution in [0.4, 0.5) is 0 Å². The van der Waals surface area contributed by atoms with E-state index in [0.717, 1.165) is 39.3 Å². The molecule has 13 heavy (non-hydrogen) atoms. The van der Waals surface area contributed by atoms with Gasteiger partial charge < -0.3 is 4.74 Å². The van der Waals surface area contributed by atoms with Crippen LogP contribution in [0.1, 0.15) is 12.8 Å². The lowest BCUT2D eigenvalue weighted by Crippen LogP contribution is -2.50. The lowest BCUT2D eigenvalue weighted by atomic mass is 10.2. The van der Waals surface area contributed by atoms with Crippen LogP contribution in [-0.4, -0.2) is 55.3 Å². The average Bonchev–Trinajstić information content (AvgIpc) is 2.62. The predicted octanol–water partition coefficient (Wildman–Crippen LogP) is -0.343. The molecule has 0 radical (unpaired) electrons. The molecule has 1 atom stereocenters. The molecule has 2 heterocycles. The molecule has 0 unspecified atom stereocenters. The SMILES string of the molecule is NN1CCN(C[C@@H]2CCCO2)CC1. The number of nitrogens with zero attached hydrogens (tertiary/aromatic N) is 2. The van der Waals surface area contributed by atoms with Crippen molar-refractivity contribution in [2.75, 3.05) is 39.3 Å². The Balaban J connectivity index is 1.69. The van der Waals surface area contributed by atoms with Gasteiger partial charge in [-0.25, -0.2) is 5.01 Å². The highest BCUT2D eigenvalue weighted by Gasteiger charge is 2.21. The van der Waals surface area contributed by atoms with Gasteiger partial charge in [-0.05, 0) is 12.8 Å². The first-order valence-electron chi connectivity index (χ1n) is 5.18.